The Balaban J connectivity index is 2.36. The smallest absolute Gasteiger partial charge is 0.0861 e. The highest BCUT2D eigenvalue weighted by Gasteiger charge is 2.27. The predicted octanol–water partition coefficient (Wildman–Crippen LogP) is 5.20. The van der Waals surface area contributed by atoms with Crippen molar-refractivity contribution in [3.63, 3.8) is 0 Å². The molecule has 1 N–H and O–H groups in total. The second kappa shape index (κ2) is 6.92. The van der Waals surface area contributed by atoms with Gasteiger partial charge in [-0.1, -0.05) is 74.3 Å². The molecule has 0 aliphatic carbocycles. The highest BCUT2D eigenvalue weighted by Crippen LogP contribution is 2.38. The third-order valence-corrected chi connectivity index (χ3v) is 4.21. The van der Waals surface area contributed by atoms with Gasteiger partial charge in [-0.2, -0.15) is 0 Å². The van der Waals surface area contributed by atoms with E-state index in [2.05, 4.69) is 26.0 Å². The van der Waals surface area contributed by atoms with Gasteiger partial charge in [0.25, 0.3) is 0 Å². The van der Waals surface area contributed by atoms with Gasteiger partial charge in [-0.3, -0.25) is 0 Å². The Labute approximate surface area is 126 Å². The van der Waals surface area contributed by atoms with E-state index in [1.54, 1.807) is 0 Å². The summed E-state index contributed by atoms with van der Waals surface area (Å²) in [6.07, 6.45) is 0.489. The van der Waals surface area contributed by atoms with Gasteiger partial charge in [-0.05, 0) is 29.2 Å². The Morgan fingerprint density at radius 1 is 1.00 bits per heavy atom. The SMILES string of the molecule is CCC(C)C(c1ccccc1)C(O)c1cccc(Cl)c1. The van der Waals surface area contributed by atoms with E-state index in [0.717, 1.165) is 12.0 Å². The normalized spacial score (nSPS) is 15.6. The van der Waals surface area contributed by atoms with E-state index in [0.29, 0.717) is 10.9 Å². The molecule has 3 atom stereocenters. The van der Waals surface area contributed by atoms with E-state index in [1.807, 2.05) is 42.5 Å². The van der Waals surface area contributed by atoms with Crippen LogP contribution in [0.15, 0.2) is 54.6 Å². The van der Waals surface area contributed by atoms with Crippen molar-refractivity contribution in [1.82, 2.24) is 0 Å². The number of aliphatic hydroxyl groups is 1. The third kappa shape index (κ3) is 3.41. The summed E-state index contributed by atoms with van der Waals surface area (Å²) in [5, 5.41) is 11.5. The Morgan fingerprint density at radius 2 is 1.65 bits per heavy atom. The molecule has 0 aromatic heterocycles. The molecule has 106 valence electrons. The molecule has 2 rings (SSSR count). The van der Waals surface area contributed by atoms with Crippen LogP contribution in [0, 0.1) is 5.92 Å². The number of rotatable bonds is 5. The van der Waals surface area contributed by atoms with Crippen molar-refractivity contribution in [3.05, 3.63) is 70.7 Å². The Hall–Kier alpha value is -1.31. The van der Waals surface area contributed by atoms with Crippen LogP contribution in [0.5, 0.6) is 0 Å². The summed E-state index contributed by atoms with van der Waals surface area (Å²) in [5.74, 6) is 0.478. The van der Waals surface area contributed by atoms with Crippen LogP contribution in [-0.4, -0.2) is 5.11 Å². The average molecular weight is 289 g/mol. The van der Waals surface area contributed by atoms with Crippen molar-refractivity contribution in [3.8, 4) is 0 Å². The van der Waals surface area contributed by atoms with Crippen LogP contribution in [0.1, 0.15) is 43.4 Å². The molecule has 0 bridgehead atoms. The summed E-state index contributed by atoms with van der Waals surface area (Å²) in [6, 6.07) is 17.7. The van der Waals surface area contributed by atoms with Crippen molar-refractivity contribution >= 4 is 11.6 Å². The quantitative estimate of drug-likeness (QED) is 0.801. The van der Waals surface area contributed by atoms with Gasteiger partial charge in [0, 0.05) is 10.9 Å². The summed E-state index contributed by atoms with van der Waals surface area (Å²) < 4.78 is 0. The molecule has 0 saturated carbocycles. The third-order valence-electron chi connectivity index (χ3n) is 3.97. The van der Waals surface area contributed by atoms with Gasteiger partial charge >= 0.3 is 0 Å². The number of benzene rings is 2. The van der Waals surface area contributed by atoms with Crippen molar-refractivity contribution < 1.29 is 5.11 Å². The van der Waals surface area contributed by atoms with E-state index in [1.165, 1.54) is 5.56 Å². The molecule has 0 aliphatic rings. The molecule has 20 heavy (non-hydrogen) atoms. The molecule has 1 nitrogen and oxygen atoms in total. The van der Waals surface area contributed by atoms with Crippen molar-refractivity contribution in [2.45, 2.75) is 32.3 Å². The predicted molar refractivity (Wildman–Crippen MR) is 85.0 cm³/mol. The zero-order valence-corrected chi connectivity index (χ0v) is 12.7. The van der Waals surface area contributed by atoms with E-state index in [9.17, 15) is 5.11 Å². The van der Waals surface area contributed by atoms with Gasteiger partial charge in [0.15, 0.2) is 0 Å². The second-order valence-corrected chi connectivity index (χ2v) is 5.76. The lowest BCUT2D eigenvalue weighted by Crippen LogP contribution is -2.18. The zero-order chi connectivity index (χ0) is 14.5. The molecule has 0 heterocycles. The maximum absolute atomic E-state index is 10.8. The van der Waals surface area contributed by atoms with E-state index in [4.69, 9.17) is 11.6 Å². The summed E-state index contributed by atoms with van der Waals surface area (Å²) >= 11 is 6.04. The van der Waals surface area contributed by atoms with Crippen molar-refractivity contribution in [1.29, 1.82) is 0 Å². The van der Waals surface area contributed by atoms with Gasteiger partial charge in [0.1, 0.15) is 0 Å². The van der Waals surface area contributed by atoms with Gasteiger partial charge in [0.05, 0.1) is 6.10 Å². The first-order chi connectivity index (χ1) is 9.63. The first-order valence-electron chi connectivity index (χ1n) is 7.12. The largest absolute Gasteiger partial charge is 0.388 e. The molecule has 0 aliphatic heterocycles. The van der Waals surface area contributed by atoms with Gasteiger partial charge in [0.2, 0.25) is 0 Å². The van der Waals surface area contributed by atoms with E-state index >= 15 is 0 Å². The summed E-state index contributed by atoms with van der Waals surface area (Å²) in [7, 11) is 0. The first kappa shape index (κ1) is 15.1. The van der Waals surface area contributed by atoms with Crippen LogP contribution in [0.25, 0.3) is 0 Å². The molecule has 0 saturated heterocycles. The lowest BCUT2D eigenvalue weighted by Gasteiger charge is -2.29. The van der Waals surface area contributed by atoms with Crippen LogP contribution >= 0.6 is 11.6 Å². The topological polar surface area (TPSA) is 20.2 Å². The molecule has 2 aromatic carbocycles. The fourth-order valence-electron chi connectivity index (χ4n) is 2.65. The van der Waals surface area contributed by atoms with Crippen LogP contribution in [0.3, 0.4) is 0 Å². The fraction of sp³-hybridized carbons (Fsp3) is 0.333. The molecule has 2 aromatic rings. The highest BCUT2D eigenvalue weighted by molar-refractivity contribution is 6.30. The lowest BCUT2D eigenvalue weighted by atomic mass is 9.79. The molecule has 3 unspecified atom stereocenters. The van der Waals surface area contributed by atoms with Gasteiger partial charge < -0.3 is 5.11 Å². The minimum Gasteiger partial charge on any atom is -0.388 e. The molecule has 2 heteroatoms. The Morgan fingerprint density at radius 3 is 2.25 bits per heavy atom. The summed E-state index contributed by atoms with van der Waals surface area (Å²) in [5.41, 5.74) is 2.06. The standard InChI is InChI=1S/C18H21ClO/c1-3-13(2)17(14-8-5-4-6-9-14)18(20)15-10-7-11-16(19)12-15/h4-13,17-18,20H,3H2,1-2H3. The molecule has 0 radical (unpaired) electrons. The molecule has 0 spiro atoms. The van der Waals surface area contributed by atoms with Crippen LogP contribution in [0.4, 0.5) is 0 Å². The maximum atomic E-state index is 10.8. The molecule has 0 fully saturated rings. The first-order valence-corrected chi connectivity index (χ1v) is 7.49. The van der Waals surface area contributed by atoms with Crippen molar-refractivity contribution in [2.24, 2.45) is 5.92 Å². The molecular formula is C18H21ClO. The highest BCUT2D eigenvalue weighted by atomic mass is 35.5. The van der Waals surface area contributed by atoms with Crippen LogP contribution < -0.4 is 0 Å². The Bertz CT molecular complexity index is 538. The maximum Gasteiger partial charge on any atom is 0.0861 e. The number of aliphatic hydroxyl groups excluding tert-OH is 1. The van der Waals surface area contributed by atoms with E-state index in [-0.39, 0.29) is 5.92 Å². The van der Waals surface area contributed by atoms with Gasteiger partial charge in [-0.25, -0.2) is 0 Å². The minimum atomic E-state index is -0.536. The van der Waals surface area contributed by atoms with Crippen LogP contribution in [0.2, 0.25) is 5.02 Å². The average Bonchev–Trinajstić information content (AvgIpc) is 2.48. The lowest BCUT2D eigenvalue weighted by molar-refractivity contribution is 0.118. The molecular weight excluding hydrogens is 268 g/mol. The van der Waals surface area contributed by atoms with E-state index < -0.39 is 6.10 Å². The zero-order valence-electron chi connectivity index (χ0n) is 12.0. The summed E-state index contributed by atoms with van der Waals surface area (Å²) in [4.78, 5) is 0. The number of halogens is 1. The Kier molecular flexibility index (Phi) is 5.22. The van der Waals surface area contributed by atoms with Crippen molar-refractivity contribution in [2.75, 3.05) is 0 Å². The number of hydrogen-bond acceptors (Lipinski definition) is 1. The fourth-order valence-corrected chi connectivity index (χ4v) is 2.85. The molecule has 0 amide bonds. The summed E-state index contributed by atoms with van der Waals surface area (Å²) in [6.45, 7) is 4.34. The van der Waals surface area contributed by atoms with Crippen LogP contribution in [-0.2, 0) is 0 Å². The number of hydrogen-bond donors (Lipinski definition) is 1. The second-order valence-electron chi connectivity index (χ2n) is 5.32. The minimum absolute atomic E-state index is 0.0830. The monoisotopic (exact) mass is 288 g/mol. The van der Waals surface area contributed by atoms with Gasteiger partial charge in [-0.15, -0.1) is 0 Å².